The first-order valence-electron chi connectivity index (χ1n) is 12.9. The number of piperazine rings is 1. The molecule has 2 aromatic carbocycles. The van der Waals surface area contributed by atoms with Crippen molar-refractivity contribution in [1.82, 2.24) is 14.8 Å². The first kappa shape index (κ1) is 27.2. The van der Waals surface area contributed by atoms with Gasteiger partial charge < -0.3 is 29.4 Å². The van der Waals surface area contributed by atoms with Crippen LogP contribution in [0, 0.1) is 0 Å². The molecular formula is C29H36N4O5. The number of rotatable bonds is 11. The van der Waals surface area contributed by atoms with E-state index in [1.165, 1.54) is 5.56 Å². The van der Waals surface area contributed by atoms with E-state index in [1.54, 1.807) is 33.3 Å². The highest BCUT2D eigenvalue weighted by Crippen LogP contribution is 2.37. The zero-order valence-corrected chi connectivity index (χ0v) is 22.3. The fraction of sp³-hybridized carbons (Fsp3) is 0.379. The topological polar surface area (TPSA) is 96.1 Å². The smallest absolute Gasteiger partial charge is 0.356 e. The average Bonchev–Trinajstić information content (AvgIpc) is 3.29. The number of amides is 1. The molecule has 2 heterocycles. The number of esters is 1. The molecule has 4 rings (SSSR count). The molecule has 0 spiro atoms. The predicted molar refractivity (Wildman–Crippen MR) is 149 cm³/mol. The average molecular weight is 521 g/mol. The summed E-state index contributed by atoms with van der Waals surface area (Å²) in [5, 5.41) is 3.59. The van der Waals surface area contributed by atoms with Crippen molar-refractivity contribution in [2.24, 2.45) is 0 Å². The van der Waals surface area contributed by atoms with E-state index in [1.807, 2.05) is 18.2 Å². The van der Waals surface area contributed by atoms with E-state index < -0.39 is 5.97 Å². The van der Waals surface area contributed by atoms with Gasteiger partial charge in [-0.3, -0.25) is 9.69 Å². The van der Waals surface area contributed by atoms with Crippen LogP contribution in [0.3, 0.4) is 0 Å². The SMILES string of the molecule is CCOC(=O)c1[nH]c2cc(OC)c(OC)cc2c1NC(=O)CCN1CCN(CC=Cc2ccccc2)CC1. The molecule has 1 saturated heterocycles. The van der Waals surface area contributed by atoms with Crippen molar-refractivity contribution in [1.29, 1.82) is 0 Å². The number of hydrogen-bond donors (Lipinski definition) is 2. The second kappa shape index (κ2) is 13.1. The number of hydrogen-bond acceptors (Lipinski definition) is 7. The molecule has 9 nitrogen and oxygen atoms in total. The molecule has 0 aliphatic carbocycles. The molecule has 0 atom stereocenters. The fourth-order valence-corrected chi connectivity index (χ4v) is 4.57. The number of carbonyl (C=O) groups excluding carboxylic acids is 2. The summed E-state index contributed by atoms with van der Waals surface area (Å²) in [4.78, 5) is 33.4. The number of fused-ring (bicyclic) bond motifs is 1. The standard InChI is InChI=1S/C29H36N4O5/c1-4-38-29(35)28-27(22-19-24(36-2)25(37-3)20-23(22)30-28)31-26(34)12-14-33-17-15-32(16-18-33)13-8-11-21-9-6-5-7-10-21/h5-11,19-20,30H,4,12-18H2,1-3H3,(H,31,34). The molecule has 2 N–H and O–H groups in total. The Hall–Kier alpha value is -3.82. The third kappa shape index (κ3) is 6.73. The van der Waals surface area contributed by atoms with Crippen molar-refractivity contribution in [3.63, 3.8) is 0 Å². The van der Waals surface area contributed by atoms with Crippen LogP contribution in [0.4, 0.5) is 5.69 Å². The van der Waals surface area contributed by atoms with E-state index in [-0.39, 0.29) is 18.2 Å². The van der Waals surface area contributed by atoms with E-state index in [9.17, 15) is 9.59 Å². The minimum Gasteiger partial charge on any atom is -0.493 e. The van der Waals surface area contributed by atoms with Crippen molar-refractivity contribution in [3.8, 4) is 11.5 Å². The van der Waals surface area contributed by atoms with Crippen molar-refractivity contribution >= 4 is 34.5 Å². The molecule has 1 fully saturated rings. The third-order valence-electron chi connectivity index (χ3n) is 6.64. The molecule has 202 valence electrons. The van der Waals surface area contributed by atoms with Gasteiger partial charge in [-0.15, -0.1) is 0 Å². The van der Waals surface area contributed by atoms with E-state index in [0.717, 1.165) is 32.7 Å². The van der Waals surface area contributed by atoms with Crippen molar-refractivity contribution in [2.45, 2.75) is 13.3 Å². The van der Waals surface area contributed by atoms with Crippen LogP contribution < -0.4 is 14.8 Å². The number of nitrogens with one attached hydrogen (secondary N) is 2. The fourth-order valence-electron chi connectivity index (χ4n) is 4.57. The van der Waals surface area contributed by atoms with Gasteiger partial charge in [0.1, 0.15) is 5.69 Å². The summed E-state index contributed by atoms with van der Waals surface area (Å²) in [6.07, 6.45) is 4.67. The Bertz CT molecular complexity index is 1260. The quantitative estimate of drug-likeness (QED) is 0.369. The van der Waals surface area contributed by atoms with Gasteiger partial charge in [-0.1, -0.05) is 42.5 Å². The Morgan fingerprint density at radius 1 is 1.00 bits per heavy atom. The van der Waals surface area contributed by atoms with Crippen LogP contribution in [0.2, 0.25) is 0 Å². The zero-order chi connectivity index (χ0) is 26.9. The number of aromatic amines is 1. The predicted octanol–water partition coefficient (Wildman–Crippen LogP) is 4.02. The van der Waals surface area contributed by atoms with Gasteiger partial charge in [0.15, 0.2) is 11.5 Å². The van der Waals surface area contributed by atoms with E-state index in [0.29, 0.717) is 41.1 Å². The summed E-state index contributed by atoms with van der Waals surface area (Å²) >= 11 is 0. The highest BCUT2D eigenvalue weighted by atomic mass is 16.5. The van der Waals surface area contributed by atoms with Gasteiger partial charge in [0, 0.05) is 57.1 Å². The summed E-state index contributed by atoms with van der Waals surface area (Å²) < 4.78 is 16.0. The first-order valence-corrected chi connectivity index (χ1v) is 12.9. The van der Waals surface area contributed by atoms with Gasteiger partial charge >= 0.3 is 5.97 Å². The maximum Gasteiger partial charge on any atom is 0.356 e. The number of carbonyl (C=O) groups is 2. The molecule has 38 heavy (non-hydrogen) atoms. The van der Waals surface area contributed by atoms with Crippen LogP contribution in [0.25, 0.3) is 17.0 Å². The molecule has 1 aliphatic rings. The number of nitrogens with zero attached hydrogens (tertiary/aromatic N) is 2. The summed E-state index contributed by atoms with van der Waals surface area (Å²) in [7, 11) is 3.09. The van der Waals surface area contributed by atoms with Gasteiger partial charge in [0.05, 0.1) is 32.0 Å². The lowest BCUT2D eigenvalue weighted by atomic mass is 10.2. The maximum atomic E-state index is 13.0. The second-order valence-electron chi connectivity index (χ2n) is 9.10. The Morgan fingerprint density at radius 3 is 2.37 bits per heavy atom. The van der Waals surface area contributed by atoms with Gasteiger partial charge in [0.25, 0.3) is 0 Å². The molecule has 9 heteroatoms. The molecule has 0 bridgehead atoms. The molecule has 0 unspecified atom stereocenters. The normalized spacial score (nSPS) is 14.6. The van der Waals surface area contributed by atoms with Gasteiger partial charge in [-0.2, -0.15) is 0 Å². The molecule has 0 radical (unpaired) electrons. The third-order valence-corrected chi connectivity index (χ3v) is 6.64. The summed E-state index contributed by atoms with van der Waals surface area (Å²) in [6.45, 7) is 7.25. The van der Waals surface area contributed by atoms with Crippen molar-refractivity contribution in [3.05, 3.63) is 59.8 Å². The van der Waals surface area contributed by atoms with Crippen LogP contribution in [0.1, 0.15) is 29.4 Å². The highest BCUT2D eigenvalue weighted by molar-refractivity contribution is 6.11. The second-order valence-corrected chi connectivity index (χ2v) is 9.10. The molecule has 3 aromatic rings. The highest BCUT2D eigenvalue weighted by Gasteiger charge is 2.23. The minimum absolute atomic E-state index is 0.167. The van der Waals surface area contributed by atoms with E-state index in [2.05, 4.69) is 44.4 Å². The van der Waals surface area contributed by atoms with Crippen LogP contribution >= 0.6 is 0 Å². The van der Waals surface area contributed by atoms with Crippen LogP contribution in [0.15, 0.2) is 48.5 Å². The number of aromatic nitrogens is 1. The maximum absolute atomic E-state index is 13.0. The van der Waals surface area contributed by atoms with Crippen LogP contribution in [0.5, 0.6) is 11.5 Å². The zero-order valence-electron chi connectivity index (χ0n) is 22.3. The molecular weight excluding hydrogens is 484 g/mol. The number of methoxy groups -OCH3 is 2. The van der Waals surface area contributed by atoms with Crippen molar-refractivity contribution < 1.29 is 23.8 Å². The number of H-pyrrole nitrogens is 1. The van der Waals surface area contributed by atoms with Crippen LogP contribution in [-0.2, 0) is 9.53 Å². The van der Waals surface area contributed by atoms with E-state index >= 15 is 0 Å². The number of ether oxygens (including phenoxy) is 3. The largest absolute Gasteiger partial charge is 0.493 e. The lowest BCUT2D eigenvalue weighted by Gasteiger charge is -2.34. The summed E-state index contributed by atoms with van der Waals surface area (Å²) in [5.41, 5.74) is 2.43. The van der Waals surface area contributed by atoms with E-state index in [4.69, 9.17) is 14.2 Å². The summed E-state index contributed by atoms with van der Waals surface area (Å²) in [6, 6.07) is 13.8. The Balaban J connectivity index is 1.34. The van der Waals surface area contributed by atoms with Gasteiger partial charge in [-0.05, 0) is 18.6 Å². The van der Waals surface area contributed by atoms with Gasteiger partial charge in [0.2, 0.25) is 5.91 Å². The number of benzene rings is 2. The monoisotopic (exact) mass is 520 g/mol. The van der Waals surface area contributed by atoms with Crippen LogP contribution in [-0.4, -0.2) is 86.8 Å². The summed E-state index contributed by atoms with van der Waals surface area (Å²) in [5.74, 6) is 0.319. The molecule has 1 amide bonds. The van der Waals surface area contributed by atoms with Gasteiger partial charge in [-0.25, -0.2) is 4.79 Å². The number of anilines is 1. The molecule has 1 aromatic heterocycles. The Morgan fingerprint density at radius 2 is 1.68 bits per heavy atom. The first-order chi connectivity index (χ1) is 18.5. The molecule has 0 saturated carbocycles. The Kier molecular flexibility index (Phi) is 9.40. The minimum atomic E-state index is -0.533. The Labute approximate surface area is 223 Å². The molecule has 1 aliphatic heterocycles. The van der Waals surface area contributed by atoms with Crippen molar-refractivity contribution in [2.75, 3.05) is 65.4 Å². The lowest BCUT2D eigenvalue weighted by molar-refractivity contribution is -0.116. The lowest BCUT2D eigenvalue weighted by Crippen LogP contribution is -2.46.